The lowest BCUT2D eigenvalue weighted by molar-refractivity contribution is 0.619. The number of benzene rings is 1. The topological polar surface area (TPSA) is 49.6 Å². The monoisotopic (exact) mass is 247 g/mol. The maximum atomic E-state index is 13.5. The second-order valence-corrected chi connectivity index (χ2v) is 3.87. The summed E-state index contributed by atoms with van der Waals surface area (Å²) in [6.07, 6.45) is 1.44. The highest BCUT2D eigenvalue weighted by molar-refractivity contribution is 6.33. The molecule has 0 saturated heterocycles. The van der Waals surface area contributed by atoms with Crippen LogP contribution in [0.2, 0.25) is 5.02 Å². The third-order valence-corrected chi connectivity index (χ3v) is 2.59. The van der Waals surface area contributed by atoms with E-state index in [2.05, 4.69) is 9.97 Å². The van der Waals surface area contributed by atoms with Crippen LogP contribution in [0.5, 0.6) is 0 Å². The van der Waals surface area contributed by atoms with E-state index in [0.29, 0.717) is 21.8 Å². The van der Waals surface area contributed by atoms with Crippen LogP contribution in [0.15, 0.2) is 24.4 Å². The second-order valence-electron chi connectivity index (χ2n) is 3.46. The first-order chi connectivity index (χ1) is 8.11. The largest absolute Gasteiger partial charge is 0.232 e. The van der Waals surface area contributed by atoms with E-state index in [4.69, 9.17) is 16.9 Å². The zero-order valence-electron chi connectivity index (χ0n) is 8.91. The normalized spacial score (nSPS) is 10.0. The maximum absolute atomic E-state index is 13.5. The zero-order chi connectivity index (χ0) is 12.4. The molecule has 1 aromatic carbocycles. The Hall–Kier alpha value is -1.99. The van der Waals surface area contributed by atoms with Crippen molar-refractivity contribution in [2.24, 2.45) is 0 Å². The number of halogens is 2. The van der Waals surface area contributed by atoms with Gasteiger partial charge in [0.25, 0.3) is 0 Å². The second kappa shape index (κ2) is 4.48. The van der Waals surface area contributed by atoms with Gasteiger partial charge in [-0.15, -0.1) is 0 Å². The van der Waals surface area contributed by atoms with Crippen molar-refractivity contribution in [3.63, 3.8) is 0 Å². The van der Waals surface area contributed by atoms with Crippen LogP contribution in [0.1, 0.15) is 11.4 Å². The third kappa shape index (κ3) is 2.24. The molecule has 2 rings (SSSR count). The van der Waals surface area contributed by atoms with Crippen LogP contribution >= 0.6 is 11.6 Å². The molecule has 0 N–H and O–H groups in total. The van der Waals surface area contributed by atoms with Crippen LogP contribution < -0.4 is 0 Å². The zero-order valence-corrected chi connectivity index (χ0v) is 9.66. The average Bonchev–Trinajstić information content (AvgIpc) is 2.34. The Kier molecular flexibility index (Phi) is 3.03. The summed E-state index contributed by atoms with van der Waals surface area (Å²) in [6, 6.07) is 6.24. The molecule has 0 aliphatic heterocycles. The summed E-state index contributed by atoms with van der Waals surface area (Å²) >= 11 is 6.02. The van der Waals surface area contributed by atoms with E-state index in [9.17, 15) is 4.39 Å². The number of hydrogen-bond acceptors (Lipinski definition) is 3. The molecule has 0 spiro atoms. The van der Waals surface area contributed by atoms with Gasteiger partial charge in [-0.2, -0.15) is 5.26 Å². The summed E-state index contributed by atoms with van der Waals surface area (Å²) in [5, 5.41) is 9.09. The Bertz CT molecular complexity index is 620. The lowest BCUT2D eigenvalue weighted by Crippen LogP contribution is -1.93. The van der Waals surface area contributed by atoms with Crippen molar-refractivity contribution in [1.82, 2.24) is 9.97 Å². The Balaban J connectivity index is 2.61. The summed E-state index contributed by atoms with van der Waals surface area (Å²) in [4.78, 5) is 7.71. The minimum Gasteiger partial charge on any atom is -0.227 e. The van der Waals surface area contributed by atoms with E-state index >= 15 is 0 Å². The molecule has 0 radical (unpaired) electrons. The van der Waals surface area contributed by atoms with Gasteiger partial charge in [-0.3, -0.25) is 0 Å². The first kappa shape index (κ1) is 11.5. The molecule has 0 saturated carbocycles. The summed E-state index contributed by atoms with van der Waals surface area (Å²) in [5.74, 6) is -0.332. The quantitative estimate of drug-likeness (QED) is 0.778. The van der Waals surface area contributed by atoms with Crippen LogP contribution in [-0.4, -0.2) is 9.97 Å². The van der Waals surface area contributed by atoms with Gasteiger partial charge in [-0.1, -0.05) is 11.6 Å². The molecule has 0 bridgehead atoms. The summed E-state index contributed by atoms with van der Waals surface area (Å²) in [7, 11) is 0. The lowest BCUT2D eigenvalue weighted by Gasteiger charge is -2.05. The number of aryl methyl sites for hydroxylation is 1. The van der Waals surface area contributed by atoms with Gasteiger partial charge in [0.15, 0.2) is 0 Å². The fourth-order valence-electron chi connectivity index (χ4n) is 1.41. The molecule has 17 heavy (non-hydrogen) atoms. The molecule has 0 aliphatic rings. The summed E-state index contributed by atoms with van der Waals surface area (Å²) in [5.41, 5.74) is 1.35. The molecule has 5 heteroatoms. The average molecular weight is 248 g/mol. The highest BCUT2D eigenvalue weighted by Gasteiger charge is 2.10. The van der Waals surface area contributed by atoms with Gasteiger partial charge in [0.1, 0.15) is 11.9 Å². The molecule has 2 aromatic rings. The van der Waals surface area contributed by atoms with Gasteiger partial charge < -0.3 is 0 Å². The smallest absolute Gasteiger partial charge is 0.227 e. The first-order valence-electron chi connectivity index (χ1n) is 4.81. The molecule has 0 unspecified atom stereocenters. The lowest BCUT2D eigenvalue weighted by atomic mass is 10.1. The number of nitrogens with zero attached hydrogens (tertiary/aromatic N) is 3. The van der Waals surface area contributed by atoms with E-state index in [1.165, 1.54) is 18.3 Å². The van der Waals surface area contributed by atoms with Crippen molar-refractivity contribution >= 4 is 11.6 Å². The number of hydrogen-bond donors (Lipinski definition) is 0. The van der Waals surface area contributed by atoms with Gasteiger partial charge >= 0.3 is 0 Å². The molecule has 0 atom stereocenters. The number of nitriles is 1. The van der Waals surface area contributed by atoms with E-state index in [0.717, 1.165) is 0 Å². The fourth-order valence-corrected chi connectivity index (χ4v) is 1.72. The van der Waals surface area contributed by atoms with Crippen molar-refractivity contribution in [3.8, 4) is 17.3 Å². The predicted molar refractivity (Wildman–Crippen MR) is 61.9 cm³/mol. The Morgan fingerprint density at radius 3 is 2.88 bits per heavy atom. The van der Waals surface area contributed by atoms with Crippen LogP contribution in [0.25, 0.3) is 11.3 Å². The third-order valence-electron chi connectivity index (χ3n) is 2.28. The molecular weight excluding hydrogens is 241 g/mol. The first-order valence-corrected chi connectivity index (χ1v) is 5.19. The molecule has 1 aromatic heterocycles. The summed E-state index contributed by atoms with van der Waals surface area (Å²) < 4.78 is 13.5. The number of rotatable bonds is 1. The Morgan fingerprint density at radius 1 is 1.41 bits per heavy atom. The summed E-state index contributed by atoms with van der Waals surface area (Å²) in [6.45, 7) is 1.63. The maximum Gasteiger partial charge on any atom is 0.232 e. The Morgan fingerprint density at radius 2 is 2.18 bits per heavy atom. The predicted octanol–water partition coefficient (Wildman–Crippen LogP) is 3.12. The highest BCUT2D eigenvalue weighted by atomic mass is 35.5. The molecular formula is C12H7ClFN3. The van der Waals surface area contributed by atoms with Crippen molar-refractivity contribution < 1.29 is 4.39 Å². The number of aromatic nitrogens is 2. The van der Waals surface area contributed by atoms with Crippen molar-refractivity contribution in [2.45, 2.75) is 6.92 Å². The molecule has 1 heterocycles. The molecule has 3 nitrogen and oxygen atoms in total. The molecule has 84 valence electrons. The van der Waals surface area contributed by atoms with Crippen molar-refractivity contribution in [1.29, 1.82) is 5.26 Å². The van der Waals surface area contributed by atoms with E-state index in [1.807, 2.05) is 6.07 Å². The minimum absolute atomic E-state index is 0.0274. The molecule has 0 amide bonds. The molecule has 0 fully saturated rings. The van der Waals surface area contributed by atoms with Gasteiger partial charge in [-0.05, 0) is 30.7 Å². The SMILES string of the molecule is Cc1cc(Cl)c(-c2ccnc(C#N)n2)cc1F. The standard InChI is InChI=1S/C12H7ClFN3/c1-7-4-9(13)8(5-10(7)14)11-2-3-16-12(6-15)17-11/h2-5H,1H3. The van der Waals surface area contributed by atoms with Gasteiger partial charge in [-0.25, -0.2) is 14.4 Å². The van der Waals surface area contributed by atoms with E-state index in [-0.39, 0.29) is 11.6 Å². The van der Waals surface area contributed by atoms with Gasteiger partial charge in [0.05, 0.1) is 10.7 Å². The van der Waals surface area contributed by atoms with E-state index in [1.54, 1.807) is 13.0 Å². The van der Waals surface area contributed by atoms with Gasteiger partial charge in [0.2, 0.25) is 5.82 Å². The highest BCUT2D eigenvalue weighted by Crippen LogP contribution is 2.28. The Labute approximate surface area is 103 Å². The molecule has 0 aliphatic carbocycles. The fraction of sp³-hybridized carbons (Fsp3) is 0.0833. The van der Waals surface area contributed by atoms with Crippen LogP contribution in [0.4, 0.5) is 4.39 Å². The minimum atomic E-state index is -0.360. The van der Waals surface area contributed by atoms with Gasteiger partial charge in [0, 0.05) is 11.8 Å². The van der Waals surface area contributed by atoms with Crippen molar-refractivity contribution in [3.05, 3.63) is 46.6 Å². The van der Waals surface area contributed by atoms with Crippen LogP contribution in [0, 0.1) is 24.1 Å². The van der Waals surface area contributed by atoms with Crippen LogP contribution in [0.3, 0.4) is 0 Å². The van der Waals surface area contributed by atoms with E-state index < -0.39 is 0 Å². The van der Waals surface area contributed by atoms with Crippen LogP contribution in [-0.2, 0) is 0 Å². The van der Waals surface area contributed by atoms with Crippen molar-refractivity contribution in [2.75, 3.05) is 0 Å².